The van der Waals surface area contributed by atoms with Crippen LogP contribution in [-0.4, -0.2) is 23.1 Å². The fourth-order valence-electron chi connectivity index (χ4n) is 2.19. The lowest BCUT2D eigenvalue weighted by atomic mass is 9.98. The van der Waals surface area contributed by atoms with Gasteiger partial charge >= 0.3 is 0 Å². The van der Waals surface area contributed by atoms with Gasteiger partial charge in [-0.3, -0.25) is 5.84 Å². The Kier molecular flexibility index (Phi) is 4.36. The van der Waals surface area contributed by atoms with E-state index < -0.39 is 0 Å². The van der Waals surface area contributed by atoms with Gasteiger partial charge in [0.15, 0.2) is 5.75 Å². The van der Waals surface area contributed by atoms with E-state index >= 15 is 0 Å². The van der Waals surface area contributed by atoms with Crippen LogP contribution in [0.25, 0.3) is 0 Å². The van der Waals surface area contributed by atoms with Gasteiger partial charge in [0.2, 0.25) is 0 Å². The molecule has 2 heterocycles. The second kappa shape index (κ2) is 5.80. The molecule has 0 aliphatic carbocycles. The zero-order valence-electron chi connectivity index (χ0n) is 10.0. The quantitative estimate of drug-likeness (QED) is 0.689. The van der Waals surface area contributed by atoms with Gasteiger partial charge in [0.1, 0.15) is 4.60 Å². The monoisotopic (exact) mass is 299 g/mol. The normalized spacial score (nSPS) is 21.5. The Morgan fingerprint density at radius 2 is 2.41 bits per heavy atom. The van der Waals surface area contributed by atoms with Crippen molar-refractivity contribution in [3.8, 4) is 5.75 Å². The molecule has 1 aliphatic heterocycles. The first-order chi connectivity index (χ1) is 8.22. The minimum atomic E-state index is 0.267. The molecular weight excluding hydrogens is 282 g/mol. The van der Waals surface area contributed by atoms with Crippen LogP contribution in [0.1, 0.15) is 37.8 Å². The van der Waals surface area contributed by atoms with Gasteiger partial charge in [0.05, 0.1) is 12.6 Å². The molecule has 1 aliphatic rings. The molecule has 0 aromatic carbocycles. The highest BCUT2D eigenvalue weighted by molar-refractivity contribution is 9.10. The van der Waals surface area contributed by atoms with E-state index in [1.807, 2.05) is 24.2 Å². The average molecular weight is 300 g/mol. The van der Waals surface area contributed by atoms with E-state index in [0.717, 1.165) is 28.9 Å². The van der Waals surface area contributed by atoms with E-state index in [9.17, 15) is 0 Å². The molecule has 1 aromatic rings. The summed E-state index contributed by atoms with van der Waals surface area (Å²) in [4.78, 5) is 4.32. The molecule has 2 N–H and O–H groups in total. The lowest BCUT2D eigenvalue weighted by Gasteiger charge is -2.32. The number of nitrogens with two attached hydrogens (primary N) is 1. The van der Waals surface area contributed by atoms with E-state index in [4.69, 9.17) is 10.6 Å². The summed E-state index contributed by atoms with van der Waals surface area (Å²) in [6.07, 6.45) is 5.36. The Morgan fingerprint density at radius 1 is 1.59 bits per heavy atom. The SMILES string of the molecule is CCOc1cc([C@@H]2CCCCN2N)cnc1Br. The third kappa shape index (κ3) is 2.97. The van der Waals surface area contributed by atoms with Crippen molar-refractivity contribution in [2.75, 3.05) is 13.2 Å². The topological polar surface area (TPSA) is 51.4 Å². The summed E-state index contributed by atoms with van der Waals surface area (Å²) in [7, 11) is 0. The molecule has 1 fully saturated rings. The molecule has 2 rings (SSSR count). The van der Waals surface area contributed by atoms with Crippen LogP contribution in [0.15, 0.2) is 16.9 Å². The van der Waals surface area contributed by atoms with Crippen molar-refractivity contribution >= 4 is 15.9 Å². The Bertz CT molecular complexity index is 386. The minimum Gasteiger partial charge on any atom is -0.491 e. The number of hydrogen-bond donors (Lipinski definition) is 1. The number of piperidine rings is 1. The maximum absolute atomic E-state index is 6.03. The predicted octanol–water partition coefficient (Wildman–Crippen LogP) is 2.64. The van der Waals surface area contributed by atoms with Crippen molar-refractivity contribution in [3.63, 3.8) is 0 Å². The maximum Gasteiger partial charge on any atom is 0.152 e. The van der Waals surface area contributed by atoms with Gasteiger partial charge in [0, 0.05) is 12.7 Å². The molecule has 0 bridgehead atoms. The number of ether oxygens (including phenoxy) is 1. The van der Waals surface area contributed by atoms with Gasteiger partial charge in [0.25, 0.3) is 0 Å². The molecule has 1 atom stereocenters. The van der Waals surface area contributed by atoms with Crippen LogP contribution in [0.3, 0.4) is 0 Å². The summed E-state index contributed by atoms with van der Waals surface area (Å²) >= 11 is 3.39. The number of halogens is 1. The number of hydrogen-bond acceptors (Lipinski definition) is 4. The van der Waals surface area contributed by atoms with Crippen molar-refractivity contribution in [2.24, 2.45) is 5.84 Å². The fourth-order valence-corrected chi connectivity index (χ4v) is 2.53. The molecule has 1 saturated heterocycles. The minimum absolute atomic E-state index is 0.267. The fraction of sp³-hybridized carbons (Fsp3) is 0.583. The van der Waals surface area contributed by atoms with Crippen LogP contribution in [-0.2, 0) is 0 Å². The Morgan fingerprint density at radius 3 is 3.12 bits per heavy atom. The van der Waals surface area contributed by atoms with Gasteiger partial charge in [-0.1, -0.05) is 6.42 Å². The van der Waals surface area contributed by atoms with Crippen molar-refractivity contribution in [1.82, 2.24) is 9.99 Å². The number of hydrazine groups is 1. The van der Waals surface area contributed by atoms with Gasteiger partial charge in [-0.25, -0.2) is 9.99 Å². The zero-order chi connectivity index (χ0) is 12.3. The molecule has 0 saturated carbocycles. The molecule has 0 radical (unpaired) electrons. The van der Waals surface area contributed by atoms with E-state index in [-0.39, 0.29) is 6.04 Å². The molecule has 0 amide bonds. The lowest BCUT2D eigenvalue weighted by molar-refractivity contribution is 0.151. The summed E-state index contributed by atoms with van der Waals surface area (Å²) in [5, 5.41) is 1.91. The van der Waals surface area contributed by atoms with Crippen LogP contribution in [0.2, 0.25) is 0 Å². The average Bonchev–Trinajstić information content (AvgIpc) is 2.33. The molecule has 5 heteroatoms. The highest BCUT2D eigenvalue weighted by Gasteiger charge is 2.22. The third-order valence-electron chi connectivity index (χ3n) is 3.06. The summed E-state index contributed by atoms with van der Waals surface area (Å²) < 4.78 is 6.29. The Balaban J connectivity index is 2.22. The predicted molar refractivity (Wildman–Crippen MR) is 70.6 cm³/mol. The lowest BCUT2D eigenvalue weighted by Crippen LogP contribution is -2.38. The number of aromatic nitrogens is 1. The smallest absolute Gasteiger partial charge is 0.152 e. The molecular formula is C12H18BrN3O. The van der Waals surface area contributed by atoms with Gasteiger partial charge in [-0.2, -0.15) is 0 Å². The van der Waals surface area contributed by atoms with Crippen LogP contribution in [0.5, 0.6) is 5.75 Å². The maximum atomic E-state index is 6.03. The first-order valence-electron chi connectivity index (χ1n) is 6.02. The van der Waals surface area contributed by atoms with E-state index in [2.05, 4.69) is 20.9 Å². The molecule has 94 valence electrons. The number of pyridine rings is 1. The molecule has 0 spiro atoms. The van der Waals surface area contributed by atoms with Crippen LogP contribution in [0.4, 0.5) is 0 Å². The highest BCUT2D eigenvalue weighted by Crippen LogP contribution is 2.32. The van der Waals surface area contributed by atoms with Crippen LogP contribution in [0, 0.1) is 0 Å². The van der Waals surface area contributed by atoms with E-state index in [0.29, 0.717) is 6.61 Å². The Labute approximate surface area is 110 Å². The van der Waals surface area contributed by atoms with E-state index in [1.165, 1.54) is 12.8 Å². The second-order valence-corrected chi connectivity index (χ2v) is 4.99. The van der Waals surface area contributed by atoms with Gasteiger partial charge in [-0.15, -0.1) is 0 Å². The van der Waals surface area contributed by atoms with Gasteiger partial charge in [-0.05, 0) is 47.3 Å². The van der Waals surface area contributed by atoms with Crippen molar-refractivity contribution in [2.45, 2.75) is 32.2 Å². The summed E-state index contributed by atoms with van der Waals surface area (Å²) in [6.45, 7) is 3.56. The van der Waals surface area contributed by atoms with Gasteiger partial charge < -0.3 is 4.74 Å². The Hall–Kier alpha value is -0.650. The van der Waals surface area contributed by atoms with Crippen LogP contribution >= 0.6 is 15.9 Å². The van der Waals surface area contributed by atoms with Crippen molar-refractivity contribution in [1.29, 1.82) is 0 Å². The molecule has 0 unspecified atom stereocenters. The molecule has 17 heavy (non-hydrogen) atoms. The largest absolute Gasteiger partial charge is 0.491 e. The molecule has 1 aromatic heterocycles. The van der Waals surface area contributed by atoms with E-state index in [1.54, 1.807) is 0 Å². The summed E-state index contributed by atoms with van der Waals surface area (Å²) in [6, 6.07) is 2.31. The van der Waals surface area contributed by atoms with Crippen LogP contribution < -0.4 is 10.6 Å². The highest BCUT2D eigenvalue weighted by atomic mass is 79.9. The summed E-state index contributed by atoms with van der Waals surface area (Å²) in [5.41, 5.74) is 1.14. The standard InChI is InChI=1S/C12H18BrN3O/c1-2-17-11-7-9(8-15-12(11)13)10-5-3-4-6-16(10)14/h7-8,10H,2-6,14H2,1H3/t10-/m0/s1. The first kappa shape index (κ1) is 12.8. The third-order valence-corrected chi connectivity index (χ3v) is 3.65. The second-order valence-electron chi connectivity index (χ2n) is 4.24. The van der Waals surface area contributed by atoms with Crippen molar-refractivity contribution < 1.29 is 4.74 Å². The first-order valence-corrected chi connectivity index (χ1v) is 6.81. The molecule has 4 nitrogen and oxygen atoms in total. The van der Waals surface area contributed by atoms with Crippen molar-refractivity contribution in [3.05, 3.63) is 22.4 Å². The zero-order valence-corrected chi connectivity index (χ0v) is 11.6. The number of nitrogens with zero attached hydrogens (tertiary/aromatic N) is 2. The number of rotatable bonds is 3. The summed E-state index contributed by atoms with van der Waals surface area (Å²) in [5.74, 6) is 6.82.